The van der Waals surface area contributed by atoms with Gasteiger partial charge in [0.1, 0.15) is 0 Å². The summed E-state index contributed by atoms with van der Waals surface area (Å²) in [6.45, 7) is 2.59. The molecule has 2 aromatic carbocycles. The van der Waals surface area contributed by atoms with Crippen LogP contribution in [0, 0.1) is 6.92 Å². The van der Waals surface area contributed by atoms with Crippen molar-refractivity contribution in [3.63, 3.8) is 0 Å². The minimum Gasteiger partial charge on any atom is -0.330 e. The minimum atomic E-state index is 0.0672. The average molecular weight is 239 g/mol. The van der Waals surface area contributed by atoms with Crippen LogP contribution in [0.2, 0.25) is 0 Å². The number of benzene rings is 2. The van der Waals surface area contributed by atoms with Gasteiger partial charge in [-0.3, -0.25) is 4.79 Å². The Kier molecular flexibility index (Phi) is 3.90. The molecule has 0 saturated carbocycles. The Hall–Kier alpha value is -1.93. The van der Waals surface area contributed by atoms with E-state index < -0.39 is 0 Å². The van der Waals surface area contributed by atoms with Gasteiger partial charge in [0.05, 0.1) is 0 Å². The zero-order chi connectivity index (χ0) is 13.0. The van der Waals surface area contributed by atoms with Crippen molar-refractivity contribution in [1.29, 1.82) is 0 Å². The van der Waals surface area contributed by atoms with Gasteiger partial charge in [0.25, 0.3) is 0 Å². The predicted octanol–water partition coefficient (Wildman–Crippen LogP) is 2.73. The molecule has 0 unspecified atom stereocenters. The summed E-state index contributed by atoms with van der Waals surface area (Å²) in [5.41, 5.74) is 9.20. The van der Waals surface area contributed by atoms with Crippen LogP contribution in [0.4, 0.5) is 0 Å². The molecule has 0 fully saturated rings. The second-order valence-corrected chi connectivity index (χ2v) is 4.44. The number of nitrogens with two attached hydrogens (primary N) is 1. The fourth-order valence-electron chi connectivity index (χ4n) is 1.99. The Morgan fingerprint density at radius 2 is 1.72 bits per heavy atom. The molecule has 2 heteroatoms. The monoisotopic (exact) mass is 239 g/mol. The van der Waals surface area contributed by atoms with Gasteiger partial charge in [-0.25, -0.2) is 0 Å². The van der Waals surface area contributed by atoms with Gasteiger partial charge in [-0.2, -0.15) is 0 Å². The van der Waals surface area contributed by atoms with Crippen molar-refractivity contribution >= 4 is 5.78 Å². The van der Waals surface area contributed by atoms with Crippen molar-refractivity contribution in [3.05, 3.63) is 70.8 Å². The molecule has 2 aromatic rings. The van der Waals surface area contributed by atoms with Gasteiger partial charge in [0.2, 0.25) is 0 Å². The van der Waals surface area contributed by atoms with Crippen LogP contribution in [0.15, 0.2) is 48.5 Å². The van der Waals surface area contributed by atoms with Crippen molar-refractivity contribution in [2.75, 3.05) is 6.54 Å². The lowest BCUT2D eigenvalue weighted by molar-refractivity contribution is 0.103. The van der Waals surface area contributed by atoms with E-state index in [1.54, 1.807) is 0 Å². The highest BCUT2D eigenvalue weighted by molar-refractivity contribution is 6.09. The van der Waals surface area contributed by atoms with Crippen LogP contribution in [0.3, 0.4) is 0 Å². The summed E-state index contributed by atoms with van der Waals surface area (Å²) in [7, 11) is 0. The maximum Gasteiger partial charge on any atom is 0.193 e. The summed E-state index contributed by atoms with van der Waals surface area (Å²) < 4.78 is 0. The van der Waals surface area contributed by atoms with Crippen molar-refractivity contribution in [2.24, 2.45) is 5.73 Å². The van der Waals surface area contributed by atoms with Gasteiger partial charge in [-0.15, -0.1) is 0 Å². The third-order valence-corrected chi connectivity index (χ3v) is 2.90. The van der Waals surface area contributed by atoms with Crippen molar-refractivity contribution in [2.45, 2.75) is 13.3 Å². The smallest absolute Gasteiger partial charge is 0.193 e. The summed E-state index contributed by atoms with van der Waals surface area (Å²) in [5.74, 6) is 0.0672. The standard InChI is InChI=1S/C16H17NO/c1-12-4-2-6-14(10-12)16(18)15-7-3-5-13(11-15)8-9-17/h2-7,10-11H,8-9,17H2,1H3. The Balaban J connectivity index is 2.31. The second kappa shape index (κ2) is 5.61. The molecule has 0 aliphatic rings. The first-order chi connectivity index (χ1) is 8.70. The summed E-state index contributed by atoms with van der Waals surface area (Å²) >= 11 is 0. The van der Waals surface area contributed by atoms with E-state index in [0.717, 1.165) is 28.7 Å². The van der Waals surface area contributed by atoms with E-state index in [9.17, 15) is 4.79 Å². The van der Waals surface area contributed by atoms with Crippen LogP contribution in [-0.4, -0.2) is 12.3 Å². The van der Waals surface area contributed by atoms with Crippen molar-refractivity contribution in [3.8, 4) is 0 Å². The quantitative estimate of drug-likeness (QED) is 0.834. The Morgan fingerprint density at radius 1 is 1.06 bits per heavy atom. The summed E-state index contributed by atoms with van der Waals surface area (Å²) in [4.78, 5) is 12.3. The zero-order valence-electron chi connectivity index (χ0n) is 10.5. The van der Waals surface area contributed by atoms with Gasteiger partial charge in [-0.1, -0.05) is 42.0 Å². The Bertz CT molecular complexity index is 561. The maximum atomic E-state index is 12.3. The lowest BCUT2D eigenvalue weighted by Crippen LogP contribution is -2.05. The molecule has 0 aliphatic heterocycles. The highest BCUT2D eigenvalue weighted by atomic mass is 16.1. The molecule has 2 nitrogen and oxygen atoms in total. The van der Waals surface area contributed by atoms with Gasteiger partial charge in [-0.05, 0) is 37.6 Å². The maximum absolute atomic E-state index is 12.3. The molecule has 0 atom stereocenters. The van der Waals surface area contributed by atoms with E-state index in [0.29, 0.717) is 6.54 Å². The Morgan fingerprint density at radius 3 is 2.39 bits per heavy atom. The van der Waals surface area contributed by atoms with Crippen molar-refractivity contribution < 1.29 is 4.79 Å². The minimum absolute atomic E-state index is 0.0672. The number of hydrogen-bond acceptors (Lipinski definition) is 2. The number of carbonyl (C=O) groups excluding carboxylic acids is 1. The fraction of sp³-hybridized carbons (Fsp3) is 0.188. The van der Waals surface area contributed by atoms with E-state index in [1.807, 2.05) is 55.5 Å². The second-order valence-electron chi connectivity index (χ2n) is 4.44. The van der Waals surface area contributed by atoms with Crippen LogP contribution in [0.1, 0.15) is 27.0 Å². The van der Waals surface area contributed by atoms with E-state index >= 15 is 0 Å². The molecular formula is C16H17NO. The van der Waals surface area contributed by atoms with Gasteiger partial charge >= 0.3 is 0 Å². The molecule has 0 saturated heterocycles. The number of hydrogen-bond donors (Lipinski definition) is 1. The SMILES string of the molecule is Cc1cccc(C(=O)c2cccc(CCN)c2)c1. The summed E-state index contributed by atoms with van der Waals surface area (Å²) in [5, 5.41) is 0. The molecule has 18 heavy (non-hydrogen) atoms. The van der Waals surface area contributed by atoms with E-state index in [1.165, 1.54) is 0 Å². The van der Waals surface area contributed by atoms with E-state index in [2.05, 4.69) is 0 Å². The summed E-state index contributed by atoms with van der Waals surface area (Å²) in [6, 6.07) is 15.4. The lowest BCUT2D eigenvalue weighted by Gasteiger charge is -2.05. The van der Waals surface area contributed by atoms with E-state index in [-0.39, 0.29) is 5.78 Å². The molecule has 0 amide bonds. The van der Waals surface area contributed by atoms with Gasteiger partial charge in [0.15, 0.2) is 5.78 Å². The molecule has 0 bridgehead atoms. The number of aryl methyl sites for hydroxylation is 1. The van der Waals surface area contributed by atoms with E-state index in [4.69, 9.17) is 5.73 Å². The molecular weight excluding hydrogens is 222 g/mol. The third kappa shape index (κ3) is 2.84. The number of ketones is 1. The molecule has 0 heterocycles. The van der Waals surface area contributed by atoms with Gasteiger partial charge in [0, 0.05) is 11.1 Å². The molecule has 0 aliphatic carbocycles. The van der Waals surface area contributed by atoms with Crippen LogP contribution in [0.25, 0.3) is 0 Å². The molecule has 0 radical (unpaired) electrons. The summed E-state index contributed by atoms with van der Waals surface area (Å²) in [6.07, 6.45) is 0.801. The normalized spacial score (nSPS) is 10.3. The molecule has 0 spiro atoms. The predicted molar refractivity (Wildman–Crippen MR) is 73.8 cm³/mol. The number of carbonyl (C=O) groups is 1. The molecule has 0 aromatic heterocycles. The first-order valence-corrected chi connectivity index (χ1v) is 6.11. The zero-order valence-corrected chi connectivity index (χ0v) is 10.5. The lowest BCUT2D eigenvalue weighted by atomic mass is 9.99. The average Bonchev–Trinajstić information content (AvgIpc) is 2.39. The first-order valence-electron chi connectivity index (χ1n) is 6.11. The molecule has 2 rings (SSSR count). The Labute approximate surface area is 107 Å². The topological polar surface area (TPSA) is 43.1 Å². The largest absolute Gasteiger partial charge is 0.330 e. The van der Waals surface area contributed by atoms with Crippen molar-refractivity contribution in [1.82, 2.24) is 0 Å². The fourth-order valence-corrected chi connectivity index (χ4v) is 1.99. The van der Waals surface area contributed by atoms with Crippen LogP contribution in [-0.2, 0) is 6.42 Å². The van der Waals surface area contributed by atoms with Gasteiger partial charge < -0.3 is 5.73 Å². The van der Waals surface area contributed by atoms with Crippen LogP contribution < -0.4 is 5.73 Å². The first kappa shape index (κ1) is 12.5. The van der Waals surface area contributed by atoms with Crippen LogP contribution >= 0.6 is 0 Å². The number of rotatable bonds is 4. The molecule has 2 N–H and O–H groups in total. The molecule has 92 valence electrons. The highest BCUT2D eigenvalue weighted by Gasteiger charge is 2.09. The van der Waals surface area contributed by atoms with Crippen LogP contribution in [0.5, 0.6) is 0 Å². The third-order valence-electron chi connectivity index (χ3n) is 2.90. The highest BCUT2D eigenvalue weighted by Crippen LogP contribution is 2.13.